The highest BCUT2D eigenvalue weighted by molar-refractivity contribution is 5.32. The van der Waals surface area contributed by atoms with Gasteiger partial charge in [-0.1, -0.05) is 6.92 Å². The van der Waals surface area contributed by atoms with Gasteiger partial charge < -0.3 is 20.7 Å². The van der Waals surface area contributed by atoms with E-state index in [1.807, 2.05) is 7.05 Å². The van der Waals surface area contributed by atoms with Gasteiger partial charge >= 0.3 is 6.01 Å². The molecule has 1 aromatic rings. The van der Waals surface area contributed by atoms with E-state index in [2.05, 4.69) is 32.1 Å². The molecule has 0 spiro atoms. The minimum absolute atomic E-state index is 0.151. The largest absolute Gasteiger partial charge is 0.467 e. The third kappa shape index (κ3) is 3.85. The Morgan fingerprint density at radius 1 is 1.38 bits per heavy atom. The van der Waals surface area contributed by atoms with E-state index in [1.54, 1.807) is 0 Å². The van der Waals surface area contributed by atoms with Crippen LogP contribution in [0.4, 0.5) is 11.9 Å². The van der Waals surface area contributed by atoms with Crippen molar-refractivity contribution in [3.8, 4) is 6.01 Å². The third-order valence-electron chi connectivity index (χ3n) is 2.13. The molecule has 0 unspecified atom stereocenters. The van der Waals surface area contributed by atoms with Crippen molar-refractivity contribution in [2.45, 2.75) is 6.92 Å². The summed E-state index contributed by atoms with van der Waals surface area (Å²) >= 11 is 0. The molecular weight excluding hydrogens is 208 g/mol. The molecule has 1 aromatic heterocycles. The lowest BCUT2D eigenvalue weighted by Crippen LogP contribution is -2.25. The average Bonchev–Trinajstić information content (AvgIpc) is 2.28. The van der Waals surface area contributed by atoms with E-state index in [-0.39, 0.29) is 12.0 Å². The first-order valence-corrected chi connectivity index (χ1v) is 5.13. The van der Waals surface area contributed by atoms with Crippen LogP contribution in [0.2, 0.25) is 0 Å². The second kappa shape index (κ2) is 6.06. The van der Waals surface area contributed by atoms with Crippen molar-refractivity contribution in [2.75, 3.05) is 44.8 Å². The van der Waals surface area contributed by atoms with Gasteiger partial charge in [0.2, 0.25) is 11.9 Å². The van der Waals surface area contributed by atoms with Gasteiger partial charge in [0.15, 0.2) is 0 Å². The van der Waals surface area contributed by atoms with Crippen LogP contribution in [-0.2, 0) is 0 Å². The molecule has 0 aromatic carbocycles. The number of hydrogen-bond acceptors (Lipinski definition) is 7. The van der Waals surface area contributed by atoms with Crippen molar-refractivity contribution >= 4 is 11.9 Å². The molecule has 7 nitrogen and oxygen atoms in total. The number of aromatic nitrogens is 3. The summed E-state index contributed by atoms with van der Waals surface area (Å²) in [6.07, 6.45) is 0. The monoisotopic (exact) mass is 226 g/mol. The van der Waals surface area contributed by atoms with Crippen LogP contribution >= 0.6 is 0 Å². The van der Waals surface area contributed by atoms with Gasteiger partial charge in [-0.25, -0.2) is 0 Å². The Morgan fingerprint density at radius 2 is 2.12 bits per heavy atom. The van der Waals surface area contributed by atoms with Gasteiger partial charge in [0.25, 0.3) is 0 Å². The lowest BCUT2D eigenvalue weighted by molar-refractivity contribution is 0.365. The molecule has 0 aliphatic carbocycles. The second-order valence-corrected chi connectivity index (χ2v) is 3.33. The Labute approximate surface area is 95.0 Å². The fraction of sp³-hybridized carbons (Fsp3) is 0.667. The van der Waals surface area contributed by atoms with Gasteiger partial charge in [-0.2, -0.15) is 15.0 Å². The highest BCUT2D eigenvalue weighted by Gasteiger charge is 2.03. The zero-order valence-electron chi connectivity index (χ0n) is 9.90. The van der Waals surface area contributed by atoms with Crippen LogP contribution in [0.15, 0.2) is 0 Å². The van der Waals surface area contributed by atoms with E-state index >= 15 is 0 Å². The molecule has 90 valence electrons. The molecule has 0 saturated carbocycles. The van der Waals surface area contributed by atoms with E-state index in [0.29, 0.717) is 5.95 Å². The number of ether oxygens (including phenoxy) is 1. The lowest BCUT2D eigenvalue weighted by Gasteiger charge is -2.13. The maximum Gasteiger partial charge on any atom is 0.322 e. The minimum atomic E-state index is 0.151. The molecule has 1 heterocycles. The van der Waals surface area contributed by atoms with Gasteiger partial charge in [-0.05, 0) is 13.6 Å². The summed E-state index contributed by atoms with van der Waals surface area (Å²) in [6.45, 7) is 4.76. The van der Waals surface area contributed by atoms with Crippen molar-refractivity contribution in [3.63, 3.8) is 0 Å². The normalized spacial score (nSPS) is 10.5. The first-order chi connectivity index (χ1) is 7.65. The smallest absolute Gasteiger partial charge is 0.322 e. The highest BCUT2D eigenvalue weighted by atomic mass is 16.5. The number of nitrogens with zero attached hydrogens (tertiary/aromatic N) is 4. The SMILES string of the molecule is CCN(C)CCNc1nc(N)nc(OC)n1. The van der Waals surface area contributed by atoms with Crippen LogP contribution in [0.25, 0.3) is 0 Å². The van der Waals surface area contributed by atoms with Crippen molar-refractivity contribution < 1.29 is 4.74 Å². The van der Waals surface area contributed by atoms with Crippen LogP contribution in [0.3, 0.4) is 0 Å². The molecule has 0 aliphatic heterocycles. The zero-order valence-corrected chi connectivity index (χ0v) is 9.90. The van der Waals surface area contributed by atoms with Crippen LogP contribution in [-0.4, -0.2) is 53.6 Å². The number of anilines is 2. The molecule has 7 heteroatoms. The van der Waals surface area contributed by atoms with Crippen LogP contribution in [0, 0.1) is 0 Å². The van der Waals surface area contributed by atoms with Gasteiger partial charge in [0, 0.05) is 13.1 Å². The summed E-state index contributed by atoms with van der Waals surface area (Å²) in [5.74, 6) is 0.590. The van der Waals surface area contributed by atoms with E-state index in [0.717, 1.165) is 19.6 Å². The third-order valence-corrected chi connectivity index (χ3v) is 2.13. The van der Waals surface area contributed by atoms with Crippen molar-refractivity contribution in [2.24, 2.45) is 0 Å². The number of nitrogens with one attached hydrogen (secondary N) is 1. The molecule has 0 amide bonds. The molecule has 0 saturated heterocycles. The number of nitrogens with two attached hydrogens (primary N) is 1. The Morgan fingerprint density at radius 3 is 2.75 bits per heavy atom. The standard InChI is InChI=1S/C9H18N6O/c1-4-15(2)6-5-11-8-12-7(10)13-9(14-8)16-3/h4-6H2,1-3H3,(H3,10,11,12,13,14). The Hall–Kier alpha value is -1.63. The molecule has 16 heavy (non-hydrogen) atoms. The summed E-state index contributed by atoms with van der Waals surface area (Å²) in [7, 11) is 3.54. The number of methoxy groups -OCH3 is 1. The van der Waals surface area contributed by atoms with E-state index in [9.17, 15) is 0 Å². The quantitative estimate of drug-likeness (QED) is 0.695. The molecule has 0 bridgehead atoms. The Kier molecular flexibility index (Phi) is 4.71. The lowest BCUT2D eigenvalue weighted by atomic mass is 10.5. The summed E-state index contributed by atoms with van der Waals surface area (Å²) in [4.78, 5) is 13.9. The van der Waals surface area contributed by atoms with Crippen molar-refractivity contribution in [1.29, 1.82) is 0 Å². The number of rotatable bonds is 6. The van der Waals surface area contributed by atoms with Crippen LogP contribution in [0.1, 0.15) is 6.92 Å². The first-order valence-electron chi connectivity index (χ1n) is 5.13. The van der Waals surface area contributed by atoms with E-state index in [4.69, 9.17) is 10.5 Å². The minimum Gasteiger partial charge on any atom is -0.467 e. The predicted molar refractivity (Wildman–Crippen MR) is 62.5 cm³/mol. The summed E-state index contributed by atoms with van der Waals surface area (Å²) < 4.78 is 4.89. The maximum atomic E-state index is 5.50. The predicted octanol–water partition coefficient (Wildman–Crippen LogP) is -0.174. The van der Waals surface area contributed by atoms with Crippen LogP contribution < -0.4 is 15.8 Å². The Balaban J connectivity index is 2.50. The first kappa shape index (κ1) is 12.4. The highest BCUT2D eigenvalue weighted by Crippen LogP contribution is 2.07. The van der Waals surface area contributed by atoms with E-state index < -0.39 is 0 Å². The second-order valence-electron chi connectivity index (χ2n) is 3.33. The number of hydrogen-bond donors (Lipinski definition) is 2. The van der Waals surface area contributed by atoms with Gasteiger partial charge in [0.1, 0.15) is 0 Å². The van der Waals surface area contributed by atoms with E-state index in [1.165, 1.54) is 7.11 Å². The number of likely N-dealkylation sites (N-methyl/N-ethyl adjacent to an activating group) is 1. The molecule has 0 aliphatic rings. The fourth-order valence-corrected chi connectivity index (χ4v) is 1.06. The molecule has 0 atom stereocenters. The van der Waals surface area contributed by atoms with Crippen molar-refractivity contribution in [3.05, 3.63) is 0 Å². The zero-order chi connectivity index (χ0) is 12.0. The maximum absolute atomic E-state index is 5.50. The Bertz CT molecular complexity index is 332. The fourth-order valence-electron chi connectivity index (χ4n) is 1.06. The van der Waals surface area contributed by atoms with Gasteiger partial charge in [0.05, 0.1) is 7.11 Å². The summed E-state index contributed by atoms with van der Waals surface area (Å²) in [5, 5.41) is 3.06. The van der Waals surface area contributed by atoms with Crippen LogP contribution in [0.5, 0.6) is 6.01 Å². The summed E-state index contributed by atoms with van der Waals surface area (Å²) in [6, 6.07) is 0.221. The molecule has 0 radical (unpaired) electrons. The summed E-state index contributed by atoms with van der Waals surface area (Å²) in [5.41, 5.74) is 5.50. The average molecular weight is 226 g/mol. The molecule has 3 N–H and O–H groups in total. The van der Waals surface area contributed by atoms with Crippen molar-refractivity contribution in [1.82, 2.24) is 19.9 Å². The van der Waals surface area contributed by atoms with Gasteiger partial charge in [-0.15, -0.1) is 0 Å². The molecular formula is C9H18N6O. The topological polar surface area (TPSA) is 89.2 Å². The molecule has 0 fully saturated rings. The molecule has 1 rings (SSSR count). The number of nitrogen functional groups attached to an aromatic ring is 1. The van der Waals surface area contributed by atoms with Gasteiger partial charge in [-0.3, -0.25) is 0 Å².